The number of hydrogen-bond acceptors (Lipinski definition) is 5. The fourth-order valence-corrected chi connectivity index (χ4v) is 2.82. The summed E-state index contributed by atoms with van der Waals surface area (Å²) in [4.78, 5) is 4.19. The Bertz CT molecular complexity index is 645. The van der Waals surface area contributed by atoms with Gasteiger partial charge in [-0.2, -0.15) is 5.10 Å². The van der Waals surface area contributed by atoms with Crippen molar-refractivity contribution in [3.8, 4) is 5.75 Å². The van der Waals surface area contributed by atoms with Crippen molar-refractivity contribution < 1.29 is 5.11 Å². The highest BCUT2D eigenvalue weighted by atomic mass is 79.9. The van der Waals surface area contributed by atoms with Crippen molar-refractivity contribution in [3.63, 3.8) is 0 Å². The molecule has 0 atom stereocenters. The summed E-state index contributed by atoms with van der Waals surface area (Å²) in [5.74, 6) is -0.115. The van der Waals surface area contributed by atoms with Gasteiger partial charge in [0, 0.05) is 15.4 Å². The first-order valence-electron chi connectivity index (χ1n) is 5.06. The summed E-state index contributed by atoms with van der Waals surface area (Å²) >= 11 is 16.5. The van der Waals surface area contributed by atoms with Crippen LogP contribution in [-0.4, -0.2) is 16.3 Å². The van der Waals surface area contributed by atoms with Gasteiger partial charge in [0.15, 0.2) is 0 Å². The molecular weight excluding hydrogens is 373 g/mol. The van der Waals surface area contributed by atoms with Gasteiger partial charge in [0.1, 0.15) is 10.8 Å². The van der Waals surface area contributed by atoms with E-state index in [-0.39, 0.29) is 15.8 Å². The van der Waals surface area contributed by atoms with E-state index in [1.807, 2.05) is 12.3 Å². The van der Waals surface area contributed by atoms with Gasteiger partial charge in [-0.15, -0.1) is 11.3 Å². The number of phenolic OH excluding ortho intramolecular Hbond substituents is 1. The van der Waals surface area contributed by atoms with Crippen LogP contribution in [0, 0.1) is 6.92 Å². The van der Waals surface area contributed by atoms with Crippen LogP contribution in [-0.2, 0) is 0 Å². The van der Waals surface area contributed by atoms with Gasteiger partial charge in [0.05, 0.1) is 16.9 Å². The molecule has 2 aromatic rings. The van der Waals surface area contributed by atoms with Gasteiger partial charge in [-0.25, -0.2) is 4.98 Å². The number of halogens is 3. The zero-order chi connectivity index (χ0) is 14.0. The van der Waals surface area contributed by atoms with Crippen LogP contribution in [0.5, 0.6) is 5.75 Å². The lowest BCUT2D eigenvalue weighted by Crippen LogP contribution is -1.91. The summed E-state index contributed by atoms with van der Waals surface area (Å²) in [5, 5.41) is 16.8. The third kappa shape index (κ3) is 3.39. The molecule has 1 aromatic heterocycles. The molecule has 0 aliphatic carbocycles. The van der Waals surface area contributed by atoms with E-state index in [1.54, 1.807) is 6.07 Å². The SMILES string of the molecule is Cc1csc(NN=Cc2cc(Br)c(Cl)c(Cl)c2O)n1. The second kappa shape index (κ2) is 6.09. The summed E-state index contributed by atoms with van der Waals surface area (Å²) in [6.45, 7) is 1.90. The molecule has 0 spiro atoms. The van der Waals surface area contributed by atoms with Crippen LogP contribution in [0.1, 0.15) is 11.3 Å². The molecule has 2 rings (SSSR count). The molecule has 0 amide bonds. The van der Waals surface area contributed by atoms with Crippen molar-refractivity contribution in [1.29, 1.82) is 0 Å². The third-order valence-corrected chi connectivity index (χ3v) is 4.72. The Labute approximate surface area is 132 Å². The lowest BCUT2D eigenvalue weighted by molar-refractivity contribution is 0.474. The second-order valence-electron chi connectivity index (χ2n) is 3.59. The second-order valence-corrected chi connectivity index (χ2v) is 6.06. The number of nitrogens with one attached hydrogen (secondary N) is 1. The summed E-state index contributed by atoms with van der Waals surface area (Å²) in [6.07, 6.45) is 1.44. The number of aryl methyl sites for hydroxylation is 1. The fourth-order valence-electron chi connectivity index (χ4n) is 1.26. The highest BCUT2D eigenvalue weighted by Crippen LogP contribution is 2.38. The summed E-state index contributed by atoms with van der Waals surface area (Å²) in [6, 6.07) is 1.63. The number of hydrogen-bond donors (Lipinski definition) is 2. The molecule has 1 heterocycles. The van der Waals surface area contributed by atoms with E-state index in [0.29, 0.717) is 15.2 Å². The monoisotopic (exact) mass is 379 g/mol. The number of aromatic hydroxyl groups is 1. The van der Waals surface area contributed by atoms with Gasteiger partial charge < -0.3 is 5.11 Å². The maximum absolute atomic E-state index is 9.83. The van der Waals surface area contributed by atoms with Crippen molar-refractivity contribution >= 4 is 61.8 Å². The molecule has 8 heteroatoms. The molecule has 0 saturated carbocycles. The van der Waals surface area contributed by atoms with E-state index in [1.165, 1.54) is 17.6 Å². The van der Waals surface area contributed by atoms with Gasteiger partial charge in [0.2, 0.25) is 5.13 Å². The molecule has 19 heavy (non-hydrogen) atoms. The summed E-state index contributed by atoms with van der Waals surface area (Å²) < 4.78 is 0.587. The molecular formula is C11H8BrCl2N3OS. The molecule has 0 radical (unpaired) electrons. The normalized spacial score (nSPS) is 11.2. The quantitative estimate of drug-likeness (QED) is 0.462. The Hall–Kier alpha value is -0.820. The van der Waals surface area contributed by atoms with Gasteiger partial charge in [-0.05, 0) is 28.9 Å². The minimum atomic E-state index is -0.115. The van der Waals surface area contributed by atoms with E-state index < -0.39 is 0 Å². The minimum absolute atomic E-state index is 0.0857. The number of anilines is 1. The van der Waals surface area contributed by atoms with E-state index in [9.17, 15) is 5.11 Å². The van der Waals surface area contributed by atoms with Gasteiger partial charge in [0.25, 0.3) is 0 Å². The molecule has 0 fully saturated rings. The first-order valence-corrected chi connectivity index (χ1v) is 7.49. The Balaban J connectivity index is 2.19. The molecule has 2 N–H and O–H groups in total. The smallest absolute Gasteiger partial charge is 0.203 e. The average molecular weight is 381 g/mol. The Morgan fingerprint density at radius 2 is 2.21 bits per heavy atom. The van der Waals surface area contributed by atoms with Crippen LogP contribution in [0.3, 0.4) is 0 Å². The molecule has 0 bridgehead atoms. The van der Waals surface area contributed by atoms with E-state index in [2.05, 4.69) is 31.4 Å². The molecule has 0 aliphatic rings. The summed E-state index contributed by atoms with van der Waals surface area (Å²) in [7, 11) is 0. The largest absolute Gasteiger partial charge is 0.506 e. The highest BCUT2D eigenvalue weighted by molar-refractivity contribution is 9.10. The lowest BCUT2D eigenvalue weighted by Gasteiger charge is -2.05. The average Bonchev–Trinajstić information content (AvgIpc) is 2.79. The van der Waals surface area contributed by atoms with Crippen LogP contribution in [0.4, 0.5) is 5.13 Å². The standard InChI is InChI=1S/C11H8BrCl2N3OS/c1-5-4-19-11(16-5)17-15-3-6-2-7(12)8(13)9(14)10(6)18/h2-4,18H,1H3,(H,16,17). The maximum Gasteiger partial charge on any atom is 0.203 e. The number of nitrogens with zero attached hydrogens (tertiary/aromatic N) is 2. The first-order chi connectivity index (χ1) is 8.99. The van der Waals surface area contributed by atoms with Crippen LogP contribution in [0.15, 0.2) is 21.0 Å². The van der Waals surface area contributed by atoms with Crippen molar-refractivity contribution in [1.82, 2.24) is 4.98 Å². The van der Waals surface area contributed by atoms with Crippen molar-refractivity contribution in [2.75, 3.05) is 5.43 Å². The predicted molar refractivity (Wildman–Crippen MR) is 83.9 cm³/mol. The van der Waals surface area contributed by atoms with Gasteiger partial charge in [-0.1, -0.05) is 23.2 Å². The number of rotatable bonds is 3. The van der Waals surface area contributed by atoms with Gasteiger partial charge >= 0.3 is 0 Å². The zero-order valence-corrected chi connectivity index (χ0v) is 13.5. The molecule has 1 aromatic carbocycles. The first kappa shape index (κ1) is 14.6. The Morgan fingerprint density at radius 3 is 2.84 bits per heavy atom. The van der Waals surface area contributed by atoms with Crippen molar-refractivity contribution in [2.24, 2.45) is 5.10 Å². The number of benzene rings is 1. The van der Waals surface area contributed by atoms with Gasteiger partial charge in [-0.3, -0.25) is 5.43 Å². The molecule has 0 saturated heterocycles. The van der Waals surface area contributed by atoms with E-state index in [0.717, 1.165) is 5.69 Å². The maximum atomic E-state index is 9.83. The topological polar surface area (TPSA) is 57.5 Å². The van der Waals surface area contributed by atoms with E-state index >= 15 is 0 Å². The molecule has 0 unspecified atom stereocenters. The number of thiazole rings is 1. The third-order valence-electron chi connectivity index (χ3n) is 2.15. The fraction of sp³-hybridized carbons (Fsp3) is 0.0909. The van der Waals surface area contributed by atoms with Crippen LogP contribution in [0.25, 0.3) is 0 Å². The zero-order valence-electron chi connectivity index (χ0n) is 9.62. The summed E-state index contributed by atoms with van der Waals surface area (Å²) in [5.41, 5.74) is 4.13. The number of phenols is 1. The molecule has 4 nitrogen and oxygen atoms in total. The van der Waals surface area contributed by atoms with Crippen molar-refractivity contribution in [3.05, 3.63) is 37.2 Å². The van der Waals surface area contributed by atoms with Crippen molar-refractivity contribution in [2.45, 2.75) is 6.92 Å². The van der Waals surface area contributed by atoms with Crippen LogP contribution < -0.4 is 5.43 Å². The lowest BCUT2D eigenvalue weighted by atomic mass is 10.2. The molecule has 0 aliphatic heterocycles. The Kier molecular flexibility index (Phi) is 4.67. The molecule has 100 valence electrons. The Morgan fingerprint density at radius 1 is 1.47 bits per heavy atom. The number of aromatic nitrogens is 1. The van der Waals surface area contributed by atoms with E-state index in [4.69, 9.17) is 23.2 Å². The van der Waals surface area contributed by atoms with Crippen LogP contribution >= 0.6 is 50.5 Å². The minimum Gasteiger partial charge on any atom is -0.506 e. The number of hydrazone groups is 1. The van der Waals surface area contributed by atoms with Crippen LogP contribution in [0.2, 0.25) is 10.0 Å². The highest BCUT2D eigenvalue weighted by Gasteiger charge is 2.12. The predicted octanol–water partition coefficient (Wildman–Crippen LogP) is 4.67.